The highest BCUT2D eigenvalue weighted by Gasteiger charge is 2.21. The van der Waals surface area contributed by atoms with Crippen LogP contribution in [0.15, 0.2) is 12.1 Å². The maximum Gasteiger partial charge on any atom is 0.234 e. The Morgan fingerprint density at radius 1 is 1.25 bits per heavy atom. The molecule has 1 aromatic carbocycles. The van der Waals surface area contributed by atoms with Crippen LogP contribution in [-0.4, -0.2) is 64.4 Å². The molecule has 0 spiro atoms. The fourth-order valence-corrected chi connectivity index (χ4v) is 2.80. The van der Waals surface area contributed by atoms with Crippen molar-refractivity contribution in [3.05, 3.63) is 17.7 Å². The number of rotatable bonds is 7. The monoisotopic (exact) mass is 337 g/mol. The molecule has 0 radical (unpaired) electrons. The number of amides is 1. The van der Waals surface area contributed by atoms with E-state index in [4.69, 9.17) is 14.2 Å². The highest BCUT2D eigenvalue weighted by molar-refractivity contribution is 5.78. The fraction of sp³-hybridized carbons (Fsp3) is 0.588. The van der Waals surface area contributed by atoms with E-state index in [-0.39, 0.29) is 5.91 Å². The van der Waals surface area contributed by atoms with Crippen LogP contribution in [-0.2, 0) is 11.3 Å². The fourth-order valence-electron chi connectivity index (χ4n) is 2.80. The van der Waals surface area contributed by atoms with Crippen molar-refractivity contribution < 1.29 is 19.0 Å². The Kier molecular flexibility index (Phi) is 6.69. The first-order valence-electron chi connectivity index (χ1n) is 8.09. The molecule has 24 heavy (non-hydrogen) atoms. The lowest BCUT2D eigenvalue weighted by atomic mass is 10.1. The standard InChI is InChI=1S/C17H27N3O4/c1-12-9-18-5-6-20(12)11-17(21)19-10-14-15(23-3)7-13(22-2)8-16(14)24-4/h7-8,12,18H,5-6,9-11H2,1-4H3,(H,19,21)/t12-/m1/s1. The van der Waals surface area contributed by atoms with Crippen molar-refractivity contribution >= 4 is 5.91 Å². The molecule has 2 rings (SSSR count). The van der Waals surface area contributed by atoms with Crippen LogP contribution in [0.5, 0.6) is 17.2 Å². The van der Waals surface area contributed by atoms with Crippen LogP contribution < -0.4 is 24.8 Å². The number of carbonyl (C=O) groups is 1. The number of hydrogen-bond acceptors (Lipinski definition) is 6. The predicted molar refractivity (Wildman–Crippen MR) is 91.8 cm³/mol. The summed E-state index contributed by atoms with van der Waals surface area (Å²) in [5.74, 6) is 1.89. The van der Waals surface area contributed by atoms with Gasteiger partial charge in [-0.1, -0.05) is 0 Å². The maximum absolute atomic E-state index is 12.3. The molecule has 1 atom stereocenters. The van der Waals surface area contributed by atoms with Gasteiger partial charge >= 0.3 is 0 Å². The second kappa shape index (κ2) is 8.75. The highest BCUT2D eigenvalue weighted by atomic mass is 16.5. The lowest BCUT2D eigenvalue weighted by molar-refractivity contribution is -0.123. The van der Waals surface area contributed by atoms with Crippen LogP contribution in [0.1, 0.15) is 12.5 Å². The number of hydrogen-bond donors (Lipinski definition) is 2. The number of ether oxygens (including phenoxy) is 3. The molecule has 2 N–H and O–H groups in total. The number of nitrogens with zero attached hydrogens (tertiary/aromatic N) is 1. The molecule has 1 fully saturated rings. The smallest absolute Gasteiger partial charge is 0.234 e. The van der Waals surface area contributed by atoms with Crippen molar-refractivity contribution in [3.63, 3.8) is 0 Å². The molecular formula is C17H27N3O4. The largest absolute Gasteiger partial charge is 0.496 e. The lowest BCUT2D eigenvalue weighted by Gasteiger charge is -2.33. The molecule has 1 amide bonds. The summed E-state index contributed by atoms with van der Waals surface area (Å²) in [5.41, 5.74) is 0.794. The summed E-state index contributed by atoms with van der Waals surface area (Å²) < 4.78 is 16.0. The summed E-state index contributed by atoms with van der Waals surface area (Å²) in [7, 11) is 4.76. The van der Waals surface area contributed by atoms with Crippen molar-refractivity contribution in [2.24, 2.45) is 0 Å². The molecule has 0 saturated carbocycles. The maximum atomic E-state index is 12.3. The quantitative estimate of drug-likeness (QED) is 0.760. The van der Waals surface area contributed by atoms with E-state index in [0.29, 0.717) is 36.4 Å². The topological polar surface area (TPSA) is 72.1 Å². The molecule has 0 aromatic heterocycles. The minimum absolute atomic E-state index is 0.0105. The highest BCUT2D eigenvalue weighted by Crippen LogP contribution is 2.33. The summed E-state index contributed by atoms with van der Waals surface area (Å²) in [6, 6.07) is 3.92. The zero-order valence-corrected chi connectivity index (χ0v) is 14.8. The summed E-state index contributed by atoms with van der Waals surface area (Å²) in [5, 5.41) is 6.27. The zero-order valence-electron chi connectivity index (χ0n) is 14.8. The third-order valence-corrected chi connectivity index (χ3v) is 4.27. The Morgan fingerprint density at radius 3 is 2.46 bits per heavy atom. The number of benzene rings is 1. The second-order valence-electron chi connectivity index (χ2n) is 5.81. The van der Waals surface area contributed by atoms with Gasteiger partial charge in [0, 0.05) is 37.8 Å². The van der Waals surface area contributed by atoms with E-state index in [1.807, 2.05) is 0 Å². The number of piperazine rings is 1. The Balaban J connectivity index is 2.01. The zero-order chi connectivity index (χ0) is 17.5. The third-order valence-electron chi connectivity index (χ3n) is 4.27. The van der Waals surface area contributed by atoms with Crippen LogP contribution >= 0.6 is 0 Å². The Labute approximate surface area is 143 Å². The van der Waals surface area contributed by atoms with Crippen molar-refractivity contribution in [1.82, 2.24) is 15.5 Å². The Morgan fingerprint density at radius 2 is 1.92 bits per heavy atom. The summed E-state index contributed by atoms with van der Waals surface area (Å²) in [6.45, 7) is 5.56. The van der Waals surface area contributed by atoms with Gasteiger partial charge in [-0.3, -0.25) is 9.69 Å². The van der Waals surface area contributed by atoms with E-state index in [1.54, 1.807) is 33.5 Å². The second-order valence-corrected chi connectivity index (χ2v) is 5.81. The van der Waals surface area contributed by atoms with Gasteiger partial charge in [-0.15, -0.1) is 0 Å². The first-order valence-corrected chi connectivity index (χ1v) is 8.09. The van der Waals surface area contributed by atoms with E-state index < -0.39 is 0 Å². The normalized spacial score (nSPS) is 18.1. The number of methoxy groups -OCH3 is 3. The molecule has 1 saturated heterocycles. The minimum Gasteiger partial charge on any atom is -0.496 e. The Bertz CT molecular complexity index is 540. The molecule has 1 aliphatic rings. The number of carbonyl (C=O) groups excluding carboxylic acids is 1. The molecule has 1 aromatic rings. The number of nitrogens with one attached hydrogen (secondary N) is 2. The van der Waals surface area contributed by atoms with Gasteiger partial charge in [0.05, 0.1) is 40.0 Å². The van der Waals surface area contributed by atoms with Gasteiger partial charge in [-0.2, -0.15) is 0 Å². The average Bonchev–Trinajstić information content (AvgIpc) is 2.61. The SMILES string of the molecule is COc1cc(OC)c(CNC(=O)CN2CCNC[C@H]2C)c(OC)c1. The van der Waals surface area contributed by atoms with Gasteiger partial charge in [0.15, 0.2) is 0 Å². The van der Waals surface area contributed by atoms with Gasteiger partial charge in [0.25, 0.3) is 0 Å². The first-order chi connectivity index (χ1) is 11.6. The van der Waals surface area contributed by atoms with Crippen molar-refractivity contribution in [2.75, 3.05) is 47.5 Å². The Hall–Kier alpha value is -1.99. The van der Waals surface area contributed by atoms with E-state index >= 15 is 0 Å². The van der Waals surface area contributed by atoms with Gasteiger partial charge in [-0.05, 0) is 6.92 Å². The van der Waals surface area contributed by atoms with E-state index in [1.165, 1.54) is 0 Å². The van der Waals surface area contributed by atoms with Crippen LogP contribution in [0.2, 0.25) is 0 Å². The van der Waals surface area contributed by atoms with Crippen molar-refractivity contribution in [1.29, 1.82) is 0 Å². The van der Waals surface area contributed by atoms with E-state index in [2.05, 4.69) is 22.5 Å². The third kappa shape index (κ3) is 4.52. The molecule has 7 nitrogen and oxygen atoms in total. The van der Waals surface area contributed by atoms with E-state index in [0.717, 1.165) is 25.2 Å². The molecule has 0 aliphatic carbocycles. The summed E-state index contributed by atoms with van der Waals surface area (Å²) >= 11 is 0. The van der Waals surface area contributed by atoms with Gasteiger partial charge in [0.2, 0.25) is 5.91 Å². The van der Waals surface area contributed by atoms with Crippen LogP contribution in [0.3, 0.4) is 0 Å². The molecule has 1 heterocycles. The molecule has 1 aliphatic heterocycles. The van der Waals surface area contributed by atoms with Gasteiger partial charge < -0.3 is 24.8 Å². The van der Waals surface area contributed by atoms with Gasteiger partial charge in [-0.25, -0.2) is 0 Å². The minimum atomic E-state index is -0.0105. The molecule has 7 heteroatoms. The molecule has 134 valence electrons. The van der Waals surface area contributed by atoms with Crippen LogP contribution in [0.25, 0.3) is 0 Å². The molecule has 0 bridgehead atoms. The van der Waals surface area contributed by atoms with E-state index in [9.17, 15) is 4.79 Å². The first kappa shape index (κ1) is 18.4. The van der Waals surface area contributed by atoms with Crippen molar-refractivity contribution in [3.8, 4) is 17.2 Å². The molecule has 0 unspecified atom stereocenters. The molecular weight excluding hydrogens is 310 g/mol. The summed E-state index contributed by atoms with van der Waals surface area (Å²) in [6.07, 6.45) is 0. The van der Waals surface area contributed by atoms with Gasteiger partial charge in [0.1, 0.15) is 17.2 Å². The predicted octanol–water partition coefficient (Wildman–Crippen LogP) is 0.622. The average molecular weight is 337 g/mol. The van der Waals surface area contributed by atoms with Crippen LogP contribution in [0.4, 0.5) is 0 Å². The van der Waals surface area contributed by atoms with Crippen LogP contribution in [0, 0.1) is 0 Å². The lowest BCUT2D eigenvalue weighted by Crippen LogP contribution is -2.52. The summed E-state index contributed by atoms with van der Waals surface area (Å²) in [4.78, 5) is 14.4. The van der Waals surface area contributed by atoms with Crippen molar-refractivity contribution in [2.45, 2.75) is 19.5 Å².